The van der Waals surface area contributed by atoms with Crippen molar-refractivity contribution in [1.29, 1.82) is 0 Å². The monoisotopic (exact) mass is 274 g/mol. The fourth-order valence-electron chi connectivity index (χ4n) is 2.16. The summed E-state index contributed by atoms with van der Waals surface area (Å²) < 4.78 is 11.1. The largest absolute Gasteiger partial charge is 0.395 e. The summed E-state index contributed by atoms with van der Waals surface area (Å²) in [5.74, 6) is 6.58. The molecule has 0 unspecified atom stereocenters. The van der Waals surface area contributed by atoms with Crippen LogP contribution in [0.1, 0.15) is 30.4 Å². The SMILES string of the molecule is OCCC#Cc1ccc(COCC2CCOCC2)cc1. The van der Waals surface area contributed by atoms with Gasteiger partial charge in [0.25, 0.3) is 0 Å². The van der Waals surface area contributed by atoms with Crippen molar-refractivity contribution >= 4 is 0 Å². The molecule has 1 aliphatic heterocycles. The van der Waals surface area contributed by atoms with Crippen molar-refractivity contribution in [1.82, 2.24) is 0 Å². The Kier molecular flexibility index (Phi) is 6.59. The molecule has 0 saturated carbocycles. The standard InChI is InChI=1S/C17H22O3/c18-10-2-1-3-15-4-6-16(7-5-15)13-20-14-17-8-11-19-12-9-17/h4-7,17-18H,2,8-14H2. The van der Waals surface area contributed by atoms with Crippen molar-refractivity contribution in [3.05, 3.63) is 35.4 Å². The number of hydrogen-bond acceptors (Lipinski definition) is 3. The highest BCUT2D eigenvalue weighted by molar-refractivity contribution is 5.35. The quantitative estimate of drug-likeness (QED) is 0.838. The molecule has 1 fully saturated rings. The predicted octanol–water partition coefficient (Wildman–Crippen LogP) is 2.36. The molecule has 1 aromatic carbocycles. The molecule has 0 atom stereocenters. The zero-order chi connectivity index (χ0) is 14.0. The Balaban J connectivity index is 1.72. The topological polar surface area (TPSA) is 38.7 Å². The molecule has 20 heavy (non-hydrogen) atoms. The summed E-state index contributed by atoms with van der Waals surface area (Å²) in [7, 11) is 0. The smallest absolute Gasteiger partial charge is 0.0717 e. The third-order valence-corrected chi connectivity index (χ3v) is 3.39. The first kappa shape index (κ1) is 15.1. The van der Waals surface area contributed by atoms with Crippen molar-refractivity contribution in [2.24, 2.45) is 5.92 Å². The van der Waals surface area contributed by atoms with Gasteiger partial charge in [0.15, 0.2) is 0 Å². The fourth-order valence-corrected chi connectivity index (χ4v) is 2.16. The Hall–Kier alpha value is -1.34. The van der Waals surface area contributed by atoms with Crippen LogP contribution in [-0.2, 0) is 16.1 Å². The van der Waals surface area contributed by atoms with Gasteiger partial charge in [-0.15, -0.1) is 0 Å². The molecule has 0 spiro atoms. The van der Waals surface area contributed by atoms with Crippen molar-refractivity contribution in [3.8, 4) is 11.8 Å². The Morgan fingerprint density at radius 3 is 2.65 bits per heavy atom. The summed E-state index contributed by atoms with van der Waals surface area (Å²) in [4.78, 5) is 0. The van der Waals surface area contributed by atoms with E-state index in [2.05, 4.69) is 11.8 Å². The fraction of sp³-hybridized carbons (Fsp3) is 0.529. The summed E-state index contributed by atoms with van der Waals surface area (Å²) >= 11 is 0. The maximum absolute atomic E-state index is 8.67. The number of ether oxygens (including phenoxy) is 2. The third-order valence-electron chi connectivity index (χ3n) is 3.39. The van der Waals surface area contributed by atoms with Gasteiger partial charge in [0.2, 0.25) is 0 Å². The van der Waals surface area contributed by atoms with Gasteiger partial charge in [0.1, 0.15) is 0 Å². The van der Waals surface area contributed by atoms with E-state index < -0.39 is 0 Å². The molecule has 2 rings (SSSR count). The molecule has 0 radical (unpaired) electrons. The highest BCUT2D eigenvalue weighted by atomic mass is 16.5. The third kappa shape index (κ3) is 5.34. The van der Waals surface area contributed by atoms with E-state index in [1.165, 1.54) is 5.56 Å². The highest BCUT2D eigenvalue weighted by Crippen LogP contribution is 2.15. The Morgan fingerprint density at radius 2 is 1.95 bits per heavy atom. The second-order valence-electron chi connectivity index (χ2n) is 5.04. The minimum absolute atomic E-state index is 0.116. The summed E-state index contributed by atoms with van der Waals surface area (Å²) in [6.07, 6.45) is 2.74. The molecular weight excluding hydrogens is 252 g/mol. The molecule has 108 valence electrons. The second kappa shape index (κ2) is 8.76. The number of benzene rings is 1. The lowest BCUT2D eigenvalue weighted by Gasteiger charge is -2.21. The molecule has 3 nitrogen and oxygen atoms in total. The summed E-state index contributed by atoms with van der Waals surface area (Å²) in [5.41, 5.74) is 2.15. The van der Waals surface area contributed by atoms with E-state index in [4.69, 9.17) is 14.6 Å². The van der Waals surface area contributed by atoms with Crippen molar-refractivity contribution in [2.45, 2.75) is 25.9 Å². The molecule has 0 aliphatic carbocycles. The van der Waals surface area contributed by atoms with Gasteiger partial charge in [-0.1, -0.05) is 24.0 Å². The van der Waals surface area contributed by atoms with Crippen LogP contribution in [0.4, 0.5) is 0 Å². The molecule has 1 aromatic rings. The van der Waals surface area contributed by atoms with Crippen molar-refractivity contribution in [3.63, 3.8) is 0 Å². The normalized spacial score (nSPS) is 15.7. The molecule has 1 N–H and O–H groups in total. The zero-order valence-corrected chi connectivity index (χ0v) is 11.8. The minimum Gasteiger partial charge on any atom is -0.395 e. The van der Waals surface area contributed by atoms with E-state index in [0.29, 0.717) is 18.9 Å². The molecule has 0 aromatic heterocycles. The van der Waals surface area contributed by atoms with E-state index in [0.717, 1.165) is 38.2 Å². The van der Waals surface area contributed by atoms with Crippen LogP contribution in [0.15, 0.2) is 24.3 Å². The molecule has 0 bridgehead atoms. The molecular formula is C17H22O3. The van der Waals surface area contributed by atoms with Gasteiger partial charge in [-0.05, 0) is 36.5 Å². The van der Waals surface area contributed by atoms with Crippen LogP contribution in [0, 0.1) is 17.8 Å². The lowest BCUT2D eigenvalue weighted by Crippen LogP contribution is -2.20. The zero-order valence-electron chi connectivity index (χ0n) is 11.8. The predicted molar refractivity (Wildman–Crippen MR) is 78.2 cm³/mol. The first-order chi connectivity index (χ1) is 9.88. The van der Waals surface area contributed by atoms with E-state index >= 15 is 0 Å². The Bertz CT molecular complexity index is 436. The van der Waals surface area contributed by atoms with Gasteiger partial charge >= 0.3 is 0 Å². The lowest BCUT2D eigenvalue weighted by atomic mass is 10.0. The summed E-state index contributed by atoms with van der Waals surface area (Å²) in [6.45, 7) is 3.33. The first-order valence-corrected chi connectivity index (χ1v) is 7.22. The first-order valence-electron chi connectivity index (χ1n) is 7.22. The van der Waals surface area contributed by atoms with Gasteiger partial charge in [-0.2, -0.15) is 0 Å². The summed E-state index contributed by atoms with van der Waals surface area (Å²) in [6, 6.07) is 8.09. The van der Waals surface area contributed by atoms with E-state index in [1.807, 2.05) is 24.3 Å². The van der Waals surface area contributed by atoms with Crippen LogP contribution in [-0.4, -0.2) is 31.5 Å². The van der Waals surface area contributed by atoms with Crippen LogP contribution >= 0.6 is 0 Å². The van der Waals surface area contributed by atoms with Crippen LogP contribution in [0.25, 0.3) is 0 Å². The second-order valence-corrected chi connectivity index (χ2v) is 5.04. The minimum atomic E-state index is 0.116. The lowest BCUT2D eigenvalue weighted by molar-refractivity contribution is 0.0157. The average Bonchev–Trinajstić information content (AvgIpc) is 2.50. The number of hydrogen-bond donors (Lipinski definition) is 1. The van der Waals surface area contributed by atoms with Gasteiger partial charge in [0, 0.05) is 25.2 Å². The molecule has 1 saturated heterocycles. The Labute approximate surface area is 120 Å². The van der Waals surface area contributed by atoms with E-state index in [9.17, 15) is 0 Å². The van der Waals surface area contributed by atoms with Gasteiger partial charge in [-0.3, -0.25) is 0 Å². The molecule has 1 heterocycles. The molecule has 0 amide bonds. The number of aliphatic hydroxyl groups excluding tert-OH is 1. The average molecular weight is 274 g/mol. The van der Waals surface area contributed by atoms with Gasteiger partial charge in [-0.25, -0.2) is 0 Å². The maximum Gasteiger partial charge on any atom is 0.0717 e. The van der Waals surface area contributed by atoms with Crippen molar-refractivity contribution < 1.29 is 14.6 Å². The van der Waals surface area contributed by atoms with Gasteiger partial charge < -0.3 is 14.6 Å². The Morgan fingerprint density at radius 1 is 1.20 bits per heavy atom. The van der Waals surface area contributed by atoms with Crippen LogP contribution in [0.2, 0.25) is 0 Å². The van der Waals surface area contributed by atoms with Crippen LogP contribution in [0.5, 0.6) is 0 Å². The van der Waals surface area contributed by atoms with Crippen LogP contribution in [0.3, 0.4) is 0 Å². The van der Waals surface area contributed by atoms with E-state index in [-0.39, 0.29) is 6.61 Å². The summed E-state index contributed by atoms with van der Waals surface area (Å²) in [5, 5.41) is 8.67. The van der Waals surface area contributed by atoms with Crippen molar-refractivity contribution in [2.75, 3.05) is 26.4 Å². The maximum atomic E-state index is 8.67. The van der Waals surface area contributed by atoms with Crippen LogP contribution < -0.4 is 0 Å². The van der Waals surface area contributed by atoms with Gasteiger partial charge in [0.05, 0.1) is 19.8 Å². The number of aliphatic hydroxyl groups is 1. The molecule has 3 heteroatoms. The molecule has 1 aliphatic rings. The van der Waals surface area contributed by atoms with E-state index in [1.54, 1.807) is 0 Å². The highest BCUT2D eigenvalue weighted by Gasteiger charge is 2.13. The number of rotatable bonds is 5.